The number of aryl methyl sites for hydroxylation is 1. The van der Waals surface area contributed by atoms with Crippen LogP contribution in [-0.4, -0.2) is 9.13 Å². The second kappa shape index (κ2) is 16.1. The lowest BCUT2D eigenvalue weighted by molar-refractivity contribution is 0.381. The molecule has 0 saturated heterocycles. The first kappa shape index (κ1) is 40.9. The molecule has 0 bridgehead atoms. The van der Waals surface area contributed by atoms with Gasteiger partial charge in [0.25, 0.3) is 0 Å². The van der Waals surface area contributed by atoms with Crippen molar-refractivity contribution >= 4 is 43.6 Å². The molecule has 12 aromatic rings. The van der Waals surface area contributed by atoms with Crippen molar-refractivity contribution < 1.29 is 22.0 Å². The normalized spacial score (nSPS) is 11.7. The zero-order valence-corrected chi connectivity index (χ0v) is 36.4. The van der Waals surface area contributed by atoms with Gasteiger partial charge in [0.15, 0.2) is 23.3 Å². The second-order valence-electron chi connectivity index (χ2n) is 17.2. The van der Waals surface area contributed by atoms with Gasteiger partial charge in [-0.25, -0.2) is 22.0 Å². The van der Waals surface area contributed by atoms with Gasteiger partial charge in [0.05, 0.1) is 39.0 Å². The van der Waals surface area contributed by atoms with Crippen LogP contribution < -0.4 is 0 Å². The summed E-state index contributed by atoms with van der Waals surface area (Å²) >= 11 is 0. The molecular weight excluding hydrogens is 856 g/mol. The highest BCUT2D eigenvalue weighted by atomic mass is 19.2. The Balaban J connectivity index is 1.27. The maximum absolute atomic E-state index is 16.2. The van der Waals surface area contributed by atoms with E-state index in [-0.39, 0.29) is 5.56 Å². The van der Waals surface area contributed by atoms with Gasteiger partial charge < -0.3 is 9.13 Å². The van der Waals surface area contributed by atoms with E-state index < -0.39 is 34.6 Å². The number of hydrogen-bond acceptors (Lipinski definition) is 0. The third-order valence-corrected chi connectivity index (χ3v) is 13.2. The molecule has 68 heavy (non-hydrogen) atoms. The molecule has 0 amide bonds. The van der Waals surface area contributed by atoms with Crippen molar-refractivity contribution in [3.05, 3.63) is 241 Å². The SMILES string of the molecule is Cc1cc(-n2c3cc(-c4ccccc4)ccc3c3ccc(-c4ccccc4)cc32)c(-n2c3cc(-c4ccccc4)ccc3c3ccc(-c4ccccc4)cc32)cc1-c1c(F)c(F)c(F)c(F)c1F. The Kier molecular flexibility index (Phi) is 9.69. The molecule has 0 radical (unpaired) electrons. The predicted octanol–water partition coefficient (Wildman–Crippen LogP) is 17.2. The first-order chi connectivity index (χ1) is 33.2. The monoisotopic (exact) mass is 892 g/mol. The van der Waals surface area contributed by atoms with Gasteiger partial charge >= 0.3 is 0 Å². The highest BCUT2D eigenvalue weighted by Gasteiger charge is 2.30. The Hall–Kier alpha value is -8.55. The molecule has 0 aliphatic carbocycles. The topological polar surface area (TPSA) is 9.86 Å². The van der Waals surface area contributed by atoms with Crippen LogP contribution in [0.4, 0.5) is 22.0 Å². The number of aromatic nitrogens is 2. The number of hydrogen-bond donors (Lipinski definition) is 0. The maximum atomic E-state index is 16.2. The average molecular weight is 893 g/mol. The third-order valence-electron chi connectivity index (χ3n) is 13.2. The van der Waals surface area contributed by atoms with Gasteiger partial charge in [-0.1, -0.05) is 170 Å². The minimum absolute atomic E-state index is 0.138. The van der Waals surface area contributed by atoms with E-state index in [9.17, 15) is 4.39 Å². The molecule has 0 saturated carbocycles. The second-order valence-corrected chi connectivity index (χ2v) is 17.2. The van der Waals surface area contributed by atoms with Crippen LogP contribution in [0.3, 0.4) is 0 Å². The average Bonchev–Trinajstić information content (AvgIpc) is 3.89. The summed E-state index contributed by atoms with van der Waals surface area (Å²) in [5.41, 5.74) is 11.3. The summed E-state index contributed by atoms with van der Waals surface area (Å²) in [5.74, 6) is -10.0. The highest BCUT2D eigenvalue weighted by Crippen LogP contribution is 2.45. The first-order valence-corrected chi connectivity index (χ1v) is 22.3. The minimum atomic E-state index is -2.21. The fourth-order valence-corrected chi connectivity index (χ4v) is 9.95. The van der Waals surface area contributed by atoms with Crippen LogP contribution in [0.2, 0.25) is 0 Å². The van der Waals surface area contributed by atoms with Crippen molar-refractivity contribution in [2.45, 2.75) is 6.92 Å². The molecule has 0 aliphatic rings. The molecule has 2 nitrogen and oxygen atoms in total. The summed E-state index contributed by atoms with van der Waals surface area (Å²) < 4.78 is 81.9. The number of halogens is 5. The van der Waals surface area contributed by atoms with Crippen molar-refractivity contribution in [3.63, 3.8) is 0 Å². The van der Waals surface area contributed by atoms with E-state index in [0.717, 1.165) is 88.1 Å². The van der Waals surface area contributed by atoms with Crippen molar-refractivity contribution in [3.8, 4) is 67.0 Å². The molecule has 0 N–H and O–H groups in total. The number of benzene rings is 10. The molecule has 2 aromatic heterocycles. The van der Waals surface area contributed by atoms with Gasteiger partial charge in [-0.05, 0) is 99.0 Å². The van der Waals surface area contributed by atoms with Crippen LogP contribution in [-0.2, 0) is 0 Å². The van der Waals surface area contributed by atoms with Crippen LogP contribution >= 0.6 is 0 Å². The molecule has 12 rings (SSSR count). The summed E-state index contributed by atoms with van der Waals surface area (Å²) in [6.07, 6.45) is 0. The first-order valence-electron chi connectivity index (χ1n) is 22.3. The van der Waals surface area contributed by atoms with E-state index >= 15 is 17.6 Å². The molecular formula is C61H37F5N2. The quantitative estimate of drug-likeness (QED) is 0.0857. The third kappa shape index (κ3) is 6.53. The largest absolute Gasteiger partial charge is 0.307 e. The van der Waals surface area contributed by atoms with Gasteiger partial charge in [-0.3, -0.25) is 0 Å². The molecule has 0 aliphatic heterocycles. The van der Waals surface area contributed by atoms with Crippen molar-refractivity contribution in [1.29, 1.82) is 0 Å². The van der Waals surface area contributed by atoms with Crippen molar-refractivity contribution in [2.75, 3.05) is 0 Å². The molecule has 10 aromatic carbocycles. The van der Waals surface area contributed by atoms with Crippen LogP contribution in [0.5, 0.6) is 0 Å². The molecule has 0 spiro atoms. The summed E-state index contributed by atoms with van der Waals surface area (Å²) in [4.78, 5) is 0. The highest BCUT2D eigenvalue weighted by molar-refractivity contribution is 6.14. The zero-order chi connectivity index (χ0) is 46.2. The van der Waals surface area contributed by atoms with Gasteiger partial charge in [-0.15, -0.1) is 0 Å². The molecule has 0 unspecified atom stereocenters. The number of rotatable bonds is 7. The summed E-state index contributed by atoms with van der Waals surface area (Å²) in [7, 11) is 0. The number of nitrogens with zero attached hydrogens (tertiary/aromatic N) is 2. The van der Waals surface area contributed by atoms with E-state index in [1.54, 1.807) is 13.0 Å². The maximum Gasteiger partial charge on any atom is 0.200 e. The fraction of sp³-hybridized carbons (Fsp3) is 0.0164. The van der Waals surface area contributed by atoms with Gasteiger partial charge in [0.1, 0.15) is 0 Å². The Morgan fingerprint density at radius 3 is 0.868 bits per heavy atom. The van der Waals surface area contributed by atoms with Crippen LogP contribution in [0.15, 0.2) is 206 Å². The Labute approximate surface area is 388 Å². The molecule has 0 fully saturated rings. The van der Waals surface area contributed by atoms with E-state index in [1.807, 2.05) is 103 Å². The van der Waals surface area contributed by atoms with Gasteiger partial charge in [-0.2, -0.15) is 0 Å². The van der Waals surface area contributed by atoms with E-state index in [1.165, 1.54) is 0 Å². The Bertz CT molecular complexity index is 3730. The van der Waals surface area contributed by atoms with Gasteiger partial charge in [0, 0.05) is 21.5 Å². The Morgan fingerprint density at radius 2 is 0.559 bits per heavy atom. The fourth-order valence-electron chi connectivity index (χ4n) is 9.95. The van der Waals surface area contributed by atoms with E-state index in [2.05, 4.69) is 106 Å². The molecule has 0 atom stereocenters. The summed E-state index contributed by atoms with van der Waals surface area (Å²) in [6.45, 7) is 1.65. The number of fused-ring (bicyclic) bond motifs is 6. The molecule has 7 heteroatoms. The molecule has 2 heterocycles. The van der Waals surface area contributed by atoms with Crippen molar-refractivity contribution in [2.24, 2.45) is 0 Å². The van der Waals surface area contributed by atoms with E-state index in [4.69, 9.17) is 0 Å². The predicted molar refractivity (Wildman–Crippen MR) is 267 cm³/mol. The van der Waals surface area contributed by atoms with Crippen molar-refractivity contribution in [1.82, 2.24) is 9.13 Å². The smallest absolute Gasteiger partial charge is 0.200 e. The summed E-state index contributed by atoms with van der Waals surface area (Å²) in [6, 6.07) is 68.8. The minimum Gasteiger partial charge on any atom is -0.307 e. The molecule has 326 valence electrons. The summed E-state index contributed by atoms with van der Waals surface area (Å²) in [5, 5.41) is 3.74. The van der Waals surface area contributed by atoms with E-state index in [0.29, 0.717) is 16.9 Å². The lowest BCUT2D eigenvalue weighted by atomic mass is 9.96. The van der Waals surface area contributed by atoms with Crippen LogP contribution in [0.25, 0.3) is 111 Å². The zero-order valence-electron chi connectivity index (χ0n) is 36.4. The van der Waals surface area contributed by atoms with Crippen LogP contribution in [0.1, 0.15) is 5.56 Å². The Morgan fingerprint density at radius 1 is 0.279 bits per heavy atom. The lowest BCUT2D eigenvalue weighted by Crippen LogP contribution is -2.08. The lowest BCUT2D eigenvalue weighted by Gasteiger charge is -2.21. The standard InChI is InChI=1S/C61H37F5N2/c1-36-30-54(67-50-31-41(37-14-6-2-7-15-37)22-26-45(50)46-27-23-42(32-51(46)67)38-16-8-3-9-17-38)55(35-49(36)56-57(62)59(64)61(66)60(65)58(56)63)68-52-33-43(39-18-10-4-11-19-39)24-28-47(52)48-29-25-44(34-53(48)68)40-20-12-5-13-21-40/h2-35H,1H3. The van der Waals surface area contributed by atoms with Gasteiger partial charge in [0.2, 0.25) is 5.82 Å². The van der Waals surface area contributed by atoms with Crippen LogP contribution in [0, 0.1) is 36.0 Å².